The van der Waals surface area contributed by atoms with E-state index in [2.05, 4.69) is 12.2 Å². The summed E-state index contributed by atoms with van der Waals surface area (Å²) in [5, 5.41) is 3.13. The Morgan fingerprint density at radius 1 is 1.27 bits per heavy atom. The average Bonchev–Trinajstić information content (AvgIpc) is 3.24. The lowest BCUT2D eigenvalue weighted by atomic mass is 10.0. The zero-order valence-corrected chi connectivity index (χ0v) is 18.4. The highest BCUT2D eigenvalue weighted by molar-refractivity contribution is 8.01. The van der Waals surface area contributed by atoms with Gasteiger partial charge >= 0.3 is 0 Å². The van der Waals surface area contributed by atoms with Crippen LogP contribution in [0.3, 0.4) is 0 Å². The van der Waals surface area contributed by atoms with Crippen molar-refractivity contribution in [1.82, 2.24) is 15.1 Å². The van der Waals surface area contributed by atoms with Crippen molar-refractivity contribution in [3.63, 3.8) is 0 Å². The van der Waals surface area contributed by atoms with Crippen molar-refractivity contribution in [1.29, 1.82) is 0 Å². The molecule has 30 heavy (non-hydrogen) atoms. The van der Waals surface area contributed by atoms with E-state index in [9.17, 15) is 14.4 Å². The molecule has 1 N–H and O–H groups in total. The third kappa shape index (κ3) is 4.02. The van der Waals surface area contributed by atoms with Crippen molar-refractivity contribution in [3.8, 4) is 5.75 Å². The highest BCUT2D eigenvalue weighted by atomic mass is 32.2. The first kappa shape index (κ1) is 21.0. The van der Waals surface area contributed by atoms with Crippen LogP contribution in [0.2, 0.25) is 0 Å². The van der Waals surface area contributed by atoms with E-state index >= 15 is 0 Å². The summed E-state index contributed by atoms with van der Waals surface area (Å²) in [4.78, 5) is 41.3. The van der Waals surface area contributed by atoms with Crippen LogP contribution in [0.4, 0.5) is 0 Å². The largest absolute Gasteiger partial charge is 0.496 e. The Morgan fingerprint density at radius 3 is 2.73 bits per heavy atom. The minimum absolute atomic E-state index is 0.0439. The number of nitrogens with zero attached hydrogens (tertiary/aromatic N) is 2. The minimum atomic E-state index is -0.375. The van der Waals surface area contributed by atoms with E-state index < -0.39 is 0 Å². The summed E-state index contributed by atoms with van der Waals surface area (Å²) in [5.41, 5.74) is 0.887. The lowest BCUT2D eigenvalue weighted by molar-refractivity contribution is -0.138. The second kappa shape index (κ2) is 8.49. The number of rotatable bonds is 5. The maximum Gasteiger partial charge on any atom is 0.243 e. The average molecular weight is 432 g/mol. The van der Waals surface area contributed by atoms with E-state index in [4.69, 9.17) is 4.74 Å². The van der Waals surface area contributed by atoms with Crippen molar-refractivity contribution in [2.75, 3.05) is 26.0 Å². The SMILES string of the molecule is COc1ccccc1CC(=O)N1CCC(NC(=O)C2CSC3(C)CCC(=O)N23)CC1. The monoisotopic (exact) mass is 431 g/mol. The van der Waals surface area contributed by atoms with Gasteiger partial charge in [-0.15, -0.1) is 11.8 Å². The van der Waals surface area contributed by atoms with Gasteiger partial charge in [-0.3, -0.25) is 14.4 Å². The highest BCUT2D eigenvalue weighted by Crippen LogP contribution is 2.47. The zero-order chi connectivity index (χ0) is 21.3. The van der Waals surface area contributed by atoms with E-state index in [1.54, 1.807) is 23.8 Å². The van der Waals surface area contributed by atoms with Crippen LogP contribution >= 0.6 is 11.8 Å². The molecule has 1 aromatic carbocycles. The van der Waals surface area contributed by atoms with E-state index in [-0.39, 0.29) is 34.7 Å². The smallest absolute Gasteiger partial charge is 0.243 e. The van der Waals surface area contributed by atoms with Crippen LogP contribution in [0.1, 0.15) is 38.2 Å². The molecule has 7 nitrogen and oxygen atoms in total. The number of benzene rings is 1. The Balaban J connectivity index is 1.28. The van der Waals surface area contributed by atoms with Gasteiger partial charge < -0.3 is 19.9 Å². The van der Waals surface area contributed by atoms with Gasteiger partial charge in [-0.25, -0.2) is 0 Å². The number of ether oxygens (including phenoxy) is 1. The third-order valence-corrected chi connectivity index (χ3v) is 7.98. The Kier molecular flexibility index (Phi) is 5.95. The van der Waals surface area contributed by atoms with Crippen LogP contribution in [0, 0.1) is 0 Å². The second-order valence-corrected chi connectivity index (χ2v) is 9.92. The van der Waals surface area contributed by atoms with Gasteiger partial charge in [0.25, 0.3) is 0 Å². The molecule has 8 heteroatoms. The molecule has 0 spiro atoms. The minimum Gasteiger partial charge on any atom is -0.496 e. The number of thioether (sulfide) groups is 1. The van der Waals surface area contributed by atoms with Crippen LogP contribution in [0.15, 0.2) is 24.3 Å². The number of para-hydroxylation sites is 1. The number of hydrogen-bond acceptors (Lipinski definition) is 5. The number of likely N-dealkylation sites (tertiary alicyclic amines) is 1. The molecule has 0 bridgehead atoms. The van der Waals surface area contributed by atoms with Gasteiger partial charge in [-0.2, -0.15) is 0 Å². The van der Waals surface area contributed by atoms with Crippen molar-refractivity contribution in [2.24, 2.45) is 0 Å². The fourth-order valence-electron chi connectivity index (χ4n) is 4.71. The molecule has 3 aliphatic heterocycles. The summed E-state index contributed by atoms with van der Waals surface area (Å²) >= 11 is 1.71. The fraction of sp³-hybridized carbons (Fsp3) is 0.591. The number of hydrogen-bond donors (Lipinski definition) is 1. The number of amides is 3. The Bertz CT molecular complexity index is 839. The van der Waals surface area contributed by atoms with Gasteiger partial charge in [0.15, 0.2) is 0 Å². The fourth-order valence-corrected chi connectivity index (χ4v) is 6.14. The molecule has 2 atom stereocenters. The molecule has 162 valence electrons. The van der Waals surface area contributed by atoms with Crippen LogP contribution < -0.4 is 10.1 Å². The van der Waals surface area contributed by atoms with Gasteiger partial charge in [-0.05, 0) is 32.3 Å². The van der Waals surface area contributed by atoms with Crippen LogP contribution in [0.5, 0.6) is 5.75 Å². The maximum absolute atomic E-state index is 12.9. The second-order valence-electron chi connectivity index (χ2n) is 8.42. The molecule has 3 aliphatic rings. The molecule has 0 radical (unpaired) electrons. The summed E-state index contributed by atoms with van der Waals surface area (Å²) in [6.07, 6.45) is 3.12. The van der Waals surface area contributed by atoms with Gasteiger partial charge in [0.2, 0.25) is 17.7 Å². The molecule has 3 fully saturated rings. The number of fused-ring (bicyclic) bond motifs is 1. The van der Waals surface area contributed by atoms with Gasteiger partial charge in [0.1, 0.15) is 11.8 Å². The first-order valence-electron chi connectivity index (χ1n) is 10.6. The third-order valence-electron chi connectivity index (χ3n) is 6.48. The topological polar surface area (TPSA) is 79.0 Å². The molecule has 3 saturated heterocycles. The van der Waals surface area contributed by atoms with Crippen molar-refractivity contribution in [2.45, 2.75) is 56.0 Å². The Hall–Kier alpha value is -2.22. The summed E-state index contributed by atoms with van der Waals surface area (Å²) in [6.45, 7) is 3.30. The molecule has 1 aromatic rings. The van der Waals surface area contributed by atoms with E-state index in [0.29, 0.717) is 31.7 Å². The summed E-state index contributed by atoms with van der Waals surface area (Å²) in [6, 6.07) is 7.24. The molecular weight excluding hydrogens is 402 g/mol. The number of carbonyl (C=O) groups is 3. The number of nitrogens with one attached hydrogen (secondary N) is 1. The zero-order valence-electron chi connectivity index (χ0n) is 17.6. The number of methoxy groups -OCH3 is 1. The summed E-state index contributed by atoms with van der Waals surface area (Å²) < 4.78 is 5.34. The predicted molar refractivity (Wildman–Crippen MR) is 115 cm³/mol. The van der Waals surface area contributed by atoms with Crippen LogP contribution in [0.25, 0.3) is 0 Å². The van der Waals surface area contributed by atoms with Gasteiger partial charge in [-0.1, -0.05) is 18.2 Å². The molecule has 3 amide bonds. The molecule has 2 unspecified atom stereocenters. The lowest BCUT2D eigenvalue weighted by Gasteiger charge is -2.34. The molecule has 4 rings (SSSR count). The maximum atomic E-state index is 12.9. The van der Waals surface area contributed by atoms with Crippen molar-refractivity contribution in [3.05, 3.63) is 29.8 Å². The van der Waals surface area contributed by atoms with E-state index in [0.717, 1.165) is 30.6 Å². The Labute approximate surface area is 181 Å². The van der Waals surface area contributed by atoms with E-state index in [1.807, 2.05) is 29.2 Å². The van der Waals surface area contributed by atoms with Gasteiger partial charge in [0, 0.05) is 36.9 Å². The van der Waals surface area contributed by atoms with Gasteiger partial charge in [0.05, 0.1) is 18.4 Å². The summed E-state index contributed by atoms with van der Waals surface area (Å²) in [7, 11) is 1.61. The van der Waals surface area contributed by atoms with Crippen molar-refractivity contribution >= 4 is 29.5 Å². The van der Waals surface area contributed by atoms with Crippen molar-refractivity contribution < 1.29 is 19.1 Å². The molecule has 0 aromatic heterocycles. The summed E-state index contributed by atoms with van der Waals surface area (Å²) in [5.74, 6) is 1.49. The molecule has 3 heterocycles. The molecular formula is C22H29N3O4S. The first-order chi connectivity index (χ1) is 14.4. The van der Waals surface area contributed by atoms with E-state index in [1.165, 1.54) is 0 Å². The number of piperidine rings is 1. The standard InChI is InChI=1S/C22H29N3O4S/c1-22-10-7-19(26)25(22)17(14-30-22)21(28)23-16-8-11-24(12-9-16)20(27)13-15-5-3-4-6-18(15)29-2/h3-6,16-17H,7-14H2,1-2H3,(H,23,28). The number of carbonyl (C=O) groups excluding carboxylic acids is 3. The molecule has 0 saturated carbocycles. The highest BCUT2D eigenvalue weighted by Gasteiger charge is 2.53. The predicted octanol–water partition coefficient (Wildman–Crippen LogP) is 1.80. The quantitative estimate of drug-likeness (QED) is 0.769. The normalized spacial score (nSPS) is 26.6. The van der Waals surface area contributed by atoms with Crippen LogP contribution in [-0.2, 0) is 20.8 Å². The Morgan fingerprint density at radius 2 is 2.00 bits per heavy atom. The lowest BCUT2D eigenvalue weighted by Crippen LogP contribution is -2.54. The van der Waals surface area contributed by atoms with Crippen LogP contribution in [-0.4, -0.2) is 70.4 Å². The molecule has 0 aliphatic carbocycles. The first-order valence-corrected chi connectivity index (χ1v) is 11.6.